The van der Waals surface area contributed by atoms with Crippen LogP contribution in [0.25, 0.3) is 44.2 Å². The Morgan fingerprint density at radius 2 is 1.79 bits per heavy atom. The Balaban J connectivity index is 1.85. The lowest BCUT2D eigenvalue weighted by Gasteiger charge is -2.11. The molecule has 3 aromatic heterocycles. The van der Waals surface area contributed by atoms with Crippen LogP contribution in [-0.2, 0) is 16.9 Å². The normalized spacial score (nSPS) is 12.1. The van der Waals surface area contributed by atoms with Crippen molar-refractivity contribution in [2.24, 2.45) is 7.05 Å². The molecule has 0 aliphatic heterocycles. The second kappa shape index (κ2) is 7.86. The number of aromatic amines is 1. The highest BCUT2D eigenvalue weighted by Crippen LogP contribution is 2.39. The SMILES string of the molecule is CC(C)S(=O)(=O)c1cc(-c2nc(-c3cccs3)n(C)c2-c2ccccc2)cc2[nH]c(N)nc12. The van der Waals surface area contributed by atoms with Gasteiger partial charge in [-0.1, -0.05) is 36.4 Å². The number of hydrogen-bond acceptors (Lipinski definition) is 6. The molecule has 0 spiro atoms. The molecule has 0 fully saturated rings. The van der Waals surface area contributed by atoms with Gasteiger partial charge < -0.3 is 15.3 Å². The van der Waals surface area contributed by atoms with Gasteiger partial charge in [-0.15, -0.1) is 11.3 Å². The third kappa shape index (κ3) is 3.53. The predicted molar refractivity (Wildman–Crippen MR) is 134 cm³/mol. The van der Waals surface area contributed by atoms with Crippen molar-refractivity contribution < 1.29 is 8.42 Å². The summed E-state index contributed by atoms with van der Waals surface area (Å²) in [6.07, 6.45) is 0. The highest BCUT2D eigenvalue weighted by Gasteiger charge is 2.27. The first kappa shape index (κ1) is 21.4. The summed E-state index contributed by atoms with van der Waals surface area (Å²) in [4.78, 5) is 13.4. The smallest absolute Gasteiger partial charge is 0.198 e. The highest BCUT2D eigenvalue weighted by molar-refractivity contribution is 7.92. The van der Waals surface area contributed by atoms with E-state index in [2.05, 4.69) is 14.5 Å². The maximum atomic E-state index is 13.2. The number of rotatable bonds is 5. The first-order valence-corrected chi connectivity index (χ1v) is 12.9. The van der Waals surface area contributed by atoms with Crippen molar-refractivity contribution in [1.82, 2.24) is 19.5 Å². The van der Waals surface area contributed by atoms with E-state index in [1.54, 1.807) is 31.3 Å². The molecule has 0 saturated heterocycles. The van der Waals surface area contributed by atoms with E-state index in [-0.39, 0.29) is 10.8 Å². The third-order valence-electron chi connectivity index (χ3n) is 5.65. The molecule has 168 valence electrons. The number of nitrogens with two attached hydrogens (primary N) is 1. The number of fused-ring (bicyclic) bond motifs is 1. The zero-order valence-corrected chi connectivity index (χ0v) is 20.0. The molecule has 0 bridgehead atoms. The second-order valence-corrected chi connectivity index (χ2v) is 11.5. The van der Waals surface area contributed by atoms with Crippen LogP contribution < -0.4 is 5.73 Å². The summed E-state index contributed by atoms with van der Waals surface area (Å²) >= 11 is 1.61. The molecule has 0 aliphatic carbocycles. The lowest BCUT2D eigenvalue weighted by Crippen LogP contribution is -2.14. The fraction of sp³-hybridized carbons (Fsp3) is 0.167. The molecule has 0 atom stereocenters. The fourth-order valence-corrected chi connectivity index (χ4v) is 5.94. The number of H-pyrrole nitrogens is 1. The Morgan fingerprint density at radius 3 is 2.45 bits per heavy atom. The molecule has 9 heteroatoms. The van der Waals surface area contributed by atoms with Crippen molar-refractivity contribution in [3.05, 3.63) is 60.0 Å². The topological polar surface area (TPSA) is 107 Å². The van der Waals surface area contributed by atoms with Crippen molar-refractivity contribution in [2.45, 2.75) is 24.0 Å². The molecular weight excluding hydrogens is 454 g/mol. The maximum absolute atomic E-state index is 13.2. The van der Waals surface area contributed by atoms with E-state index >= 15 is 0 Å². The summed E-state index contributed by atoms with van der Waals surface area (Å²) in [5, 5.41) is 1.41. The molecule has 0 radical (unpaired) electrons. The molecule has 0 saturated carbocycles. The molecule has 3 N–H and O–H groups in total. The van der Waals surface area contributed by atoms with Crippen LogP contribution in [0.5, 0.6) is 0 Å². The number of aromatic nitrogens is 4. The van der Waals surface area contributed by atoms with Crippen molar-refractivity contribution in [2.75, 3.05) is 5.73 Å². The second-order valence-electron chi connectivity index (χ2n) is 8.12. The van der Waals surface area contributed by atoms with E-state index in [0.29, 0.717) is 22.3 Å². The van der Waals surface area contributed by atoms with E-state index in [0.717, 1.165) is 22.0 Å². The Morgan fingerprint density at radius 1 is 1.03 bits per heavy atom. The molecule has 33 heavy (non-hydrogen) atoms. The summed E-state index contributed by atoms with van der Waals surface area (Å²) in [5.74, 6) is 0.988. The number of imidazole rings is 2. The summed E-state index contributed by atoms with van der Waals surface area (Å²) in [7, 11) is -1.64. The van der Waals surface area contributed by atoms with Gasteiger partial charge in [0, 0.05) is 18.2 Å². The molecule has 3 heterocycles. The van der Waals surface area contributed by atoms with Gasteiger partial charge in [0.15, 0.2) is 21.6 Å². The van der Waals surface area contributed by atoms with Gasteiger partial charge in [-0.2, -0.15) is 0 Å². The average Bonchev–Trinajstić information content (AvgIpc) is 3.51. The van der Waals surface area contributed by atoms with Crippen LogP contribution in [0.2, 0.25) is 0 Å². The minimum absolute atomic E-state index is 0.153. The minimum Gasteiger partial charge on any atom is -0.369 e. The van der Waals surface area contributed by atoms with E-state index in [9.17, 15) is 8.42 Å². The quantitative estimate of drug-likeness (QED) is 0.365. The van der Waals surface area contributed by atoms with Crippen LogP contribution in [0.3, 0.4) is 0 Å². The Kier molecular flexibility index (Phi) is 5.10. The minimum atomic E-state index is -3.62. The van der Waals surface area contributed by atoms with E-state index < -0.39 is 15.1 Å². The van der Waals surface area contributed by atoms with Crippen LogP contribution in [-0.4, -0.2) is 33.2 Å². The summed E-state index contributed by atoms with van der Waals surface area (Å²) in [5.41, 5.74) is 10.1. The van der Waals surface area contributed by atoms with Gasteiger partial charge in [0.05, 0.1) is 31.9 Å². The number of nitrogen functional groups attached to an aromatic ring is 1. The molecule has 0 amide bonds. The van der Waals surface area contributed by atoms with E-state index in [4.69, 9.17) is 10.7 Å². The van der Waals surface area contributed by atoms with Crippen LogP contribution in [0.15, 0.2) is 64.9 Å². The number of nitrogens with zero attached hydrogens (tertiary/aromatic N) is 3. The zero-order chi connectivity index (χ0) is 23.3. The standard InChI is InChI=1S/C24H23N5O2S2/c1-14(2)33(30,31)19-13-16(12-17-21(19)28-24(25)26-17)20-22(15-8-5-4-6-9-15)29(3)23(27-20)18-10-7-11-32-18/h4-14H,1-3H3,(H3,25,26,28). The average molecular weight is 478 g/mol. The Labute approximate surface area is 195 Å². The number of anilines is 1. The Bertz CT molecular complexity index is 1560. The van der Waals surface area contributed by atoms with Gasteiger partial charge in [0.2, 0.25) is 0 Å². The predicted octanol–water partition coefficient (Wildman–Crippen LogP) is 5.12. The number of nitrogens with one attached hydrogen (secondary N) is 1. The van der Waals surface area contributed by atoms with E-state index in [1.807, 2.05) is 61.0 Å². The van der Waals surface area contributed by atoms with Crippen molar-refractivity contribution in [1.29, 1.82) is 0 Å². The molecule has 0 aliphatic rings. The molecular formula is C24H23N5O2S2. The Hall–Kier alpha value is -3.43. The molecule has 0 unspecified atom stereocenters. The van der Waals surface area contributed by atoms with Gasteiger partial charge in [0.1, 0.15) is 5.52 Å². The number of benzene rings is 2. The molecule has 5 aromatic rings. The highest BCUT2D eigenvalue weighted by atomic mass is 32.2. The molecule has 2 aromatic carbocycles. The number of hydrogen-bond donors (Lipinski definition) is 2. The third-order valence-corrected chi connectivity index (χ3v) is 8.69. The van der Waals surface area contributed by atoms with Gasteiger partial charge in [-0.25, -0.2) is 18.4 Å². The monoisotopic (exact) mass is 477 g/mol. The van der Waals surface area contributed by atoms with Crippen LogP contribution >= 0.6 is 11.3 Å². The number of sulfone groups is 1. The van der Waals surface area contributed by atoms with Gasteiger partial charge >= 0.3 is 0 Å². The van der Waals surface area contributed by atoms with Crippen LogP contribution in [0.4, 0.5) is 5.95 Å². The lowest BCUT2D eigenvalue weighted by atomic mass is 10.0. The summed E-state index contributed by atoms with van der Waals surface area (Å²) in [6, 6.07) is 17.5. The zero-order valence-electron chi connectivity index (χ0n) is 18.4. The van der Waals surface area contributed by atoms with Crippen LogP contribution in [0.1, 0.15) is 13.8 Å². The lowest BCUT2D eigenvalue weighted by molar-refractivity contribution is 0.588. The fourth-order valence-electron chi connectivity index (χ4n) is 3.96. The van der Waals surface area contributed by atoms with Crippen molar-refractivity contribution in [3.8, 4) is 33.2 Å². The van der Waals surface area contributed by atoms with Gasteiger partial charge in [-0.05, 0) is 37.4 Å². The van der Waals surface area contributed by atoms with Gasteiger partial charge in [0.25, 0.3) is 0 Å². The largest absolute Gasteiger partial charge is 0.369 e. The van der Waals surface area contributed by atoms with Crippen molar-refractivity contribution >= 4 is 38.2 Å². The van der Waals surface area contributed by atoms with E-state index in [1.165, 1.54) is 0 Å². The first-order chi connectivity index (χ1) is 15.8. The first-order valence-electron chi connectivity index (χ1n) is 10.5. The van der Waals surface area contributed by atoms with Crippen molar-refractivity contribution in [3.63, 3.8) is 0 Å². The van der Waals surface area contributed by atoms with Crippen LogP contribution in [0, 0.1) is 0 Å². The number of thiophene rings is 1. The summed E-state index contributed by atoms with van der Waals surface area (Å²) in [6.45, 7) is 3.32. The molecule has 5 rings (SSSR count). The summed E-state index contributed by atoms with van der Waals surface area (Å²) < 4.78 is 28.5. The van der Waals surface area contributed by atoms with Gasteiger partial charge in [-0.3, -0.25) is 0 Å². The molecule has 7 nitrogen and oxygen atoms in total. The maximum Gasteiger partial charge on any atom is 0.198 e.